The summed E-state index contributed by atoms with van der Waals surface area (Å²) in [5.41, 5.74) is 13.2. The predicted octanol–water partition coefficient (Wildman–Crippen LogP) is 2.84. The van der Waals surface area contributed by atoms with Crippen molar-refractivity contribution < 1.29 is 4.79 Å². The van der Waals surface area contributed by atoms with Gasteiger partial charge in [-0.1, -0.05) is 61.0 Å². The van der Waals surface area contributed by atoms with Gasteiger partial charge in [0.1, 0.15) is 6.04 Å². The van der Waals surface area contributed by atoms with Crippen LogP contribution < -0.4 is 16.3 Å². The van der Waals surface area contributed by atoms with Crippen LogP contribution in [0.3, 0.4) is 0 Å². The Labute approximate surface area is 153 Å². The second kappa shape index (κ2) is 7.40. The third-order valence-corrected chi connectivity index (χ3v) is 5.45. The molecule has 2 aromatic carbocycles. The Morgan fingerprint density at radius 3 is 2.50 bits per heavy atom. The van der Waals surface area contributed by atoms with Crippen LogP contribution in [0.15, 0.2) is 59.7 Å². The lowest BCUT2D eigenvalue weighted by Crippen LogP contribution is -2.44. The number of rotatable bonds is 4. The van der Waals surface area contributed by atoms with Crippen LogP contribution >= 0.6 is 0 Å². The molecule has 1 saturated carbocycles. The van der Waals surface area contributed by atoms with Gasteiger partial charge in [-0.15, -0.1) is 0 Å². The number of fused-ring (bicyclic) bond motifs is 1. The Kier molecular flexibility index (Phi) is 4.82. The molecule has 1 amide bonds. The topological polar surface area (TPSA) is 65.5 Å². The van der Waals surface area contributed by atoms with Crippen molar-refractivity contribution in [3.05, 3.63) is 60.2 Å². The van der Waals surface area contributed by atoms with Crippen LogP contribution in [0.2, 0.25) is 0 Å². The van der Waals surface area contributed by atoms with E-state index in [-0.39, 0.29) is 11.9 Å². The highest BCUT2D eigenvalue weighted by molar-refractivity contribution is 5.99. The summed E-state index contributed by atoms with van der Waals surface area (Å²) in [6.45, 7) is 1.91. The molecular formula is C21H24N4O. The number of carbonyl (C=O) groups excluding carboxylic acids is 1. The van der Waals surface area contributed by atoms with Crippen LogP contribution in [0.25, 0.3) is 11.1 Å². The minimum Gasteiger partial charge on any atom is -0.271 e. The number of nitrogens with zero attached hydrogens (tertiary/aromatic N) is 1. The van der Waals surface area contributed by atoms with E-state index in [2.05, 4.69) is 45.6 Å². The number of hydrogen-bond acceptors (Lipinski definition) is 4. The summed E-state index contributed by atoms with van der Waals surface area (Å²) < 4.78 is 0. The molecule has 0 bridgehead atoms. The number of carbonyl (C=O) groups is 1. The van der Waals surface area contributed by atoms with Crippen LogP contribution in [0.5, 0.6) is 0 Å². The summed E-state index contributed by atoms with van der Waals surface area (Å²) in [7, 11) is 0. The van der Waals surface area contributed by atoms with Crippen LogP contribution in [-0.2, 0) is 4.79 Å². The normalized spacial score (nSPS) is 25.1. The van der Waals surface area contributed by atoms with Crippen LogP contribution in [0.1, 0.15) is 31.7 Å². The molecule has 2 fully saturated rings. The molecule has 3 atom stereocenters. The number of hydrazone groups is 1. The Morgan fingerprint density at radius 1 is 1.00 bits per heavy atom. The molecule has 2 aliphatic rings. The van der Waals surface area contributed by atoms with Gasteiger partial charge in [0.05, 0.1) is 5.71 Å². The van der Waals surface area contributed by atoms with Crippen molar-refractivity contribution in [2.45, 2.75) is 38.3 Å². The Hall–Kier alpha value is -2.50. The lowest BCUT2D eigenvalue weighted by Gasteiger charge is -2.14. The number of nitrogens with one attached hydrogen (secondary N) is 3. The monoisotopic (exact) mass is 348 g/mol. The summed E-state index contributed by atoms with van der Waals surface area (Å²) in [5, 5.41) is 4.30. The molecule has 1 heterocycles. The molecule has 0 spiro atoms. The van der Waals surface area contributed by atoms with Gasteiger partial charge in [0.15, 0.2) is 0 Å². The van der Waals surface area contributed by atoms with Gasteiger partial charge in [-0.2, -0.15) is 5.10 Å². The van der Waals surface area contributed by atoms with Gasteiger partial charge in [-0.25, -0.2) is 10.9 Å². The summed E-state index contributed by atoms with van der Waals surface area (Å²) in [6.07, 6.45) is 3.41. The first kappa shape index (κ1) is 16.9. The standard InChI is InChI=1S/C21H24N4O/c1-14(15-10-12-17(13-11-15)16-6-3-2-4-7-16)22-25-21(26)20-18-8-5-9-19(18)23-24-20/h2-4,6-7,10-13,18-20,23-24H,5,8-9H2,1H3,(H,25,26)/b22-14+. The molecule has 134 valence electrons. The first-order valence-corrected chi connectivity index (χ1v) is 9.23. The fourth-order valence-corrected chi connectivity index (χ4v) is 3.94. The van der Waals surface area contributed by atoms with Crippen molar-refractivity contribution >= 4 is 11.6 Å². The summed E-state index contributed by atoms with van der Waals surface area (Å²) >= 11 is 0. The van der Waals surface area contributed by atoms with Crippen LogP contribution in [0, 0.1) is 5.92 Å². The van der Waals surface area contributed by atoms with Crippen molar-refractivity contribution in [3.63, 3.8) is 0 Å². The van der Waals surface area contributed by atoms with E-state index >= 15 is 0 Å². The molecule has 5 nitrogen and oxygen atoms in total. The van der Waals surface area contributed by atoms with Crippen molar-refractivity contribution in [1.82, 2.24) is 16.3 Å². The maximum atomic E-state index is 12.4. The molecule has 4 rings (SSSR count). The summed E-state index contributed by atoms with van der Waals surface area (Å²) in [5.74, 6) is 0.308. The molecule has 5 heteroatoms. The number of hydrogen-bond donors (Lipinski definition) is 3. The number of amides is 1. The van der Waals surface area contributed by atoms with Gasteiger partial charge in [0.2, 0.25) is 0 Å². The number of hydrazine groups is 1. The third kappa shape index (κ3) is 3.41. The minimum absolute atomic E-state index is 0.0628. The molecule has 2 aromatic rings. The largest absolute Gasteiger partial charge is 0.271 e. The van der Waals surface area contributed by atoms with E-state index in [1.54, 1.807) is 0 Å². The van der Waals surface area contributed by atoms with E-state index in [1.165, 1.54) is 17.5 Å². The molecule has 3 unspecified atom stereocenters. The van der Waals surface area contributed by atoms with E-state index in [4.69, 9.17) is 0 Å². The van der Waals surface area contributed by atoms with Crippen molar-refractivity contribution in [3.8, 4) is 11.1 Å². The molecule has 1 aliphatic heterocycles. The summed E-state index contributed by atoms with van der Waals surface area (Å²) in [4.78, 5) is 12.4. The first-order chi connectivity index (χ1) is 12.7. The Bertz CT molecular complexity index is 801. The van der Waals surface area contributed by atoms with Crippen LogP contribution in [0.4, 0.5) is 0 Å². The van der Waals surface area contributed by atoms with Gasteiger partial charge < -0.3 is 0 Å². The molecule has 1 aliphatic carbocycles. The third-order valence-electron chi connectivity index (χ3n) is 5.45. The quantitative estimate of drug-likeness (QED) is 0.588. The van der Waals surface area contributed by atoms with Gasteiger partial charge in [-0.05, 0) is 36.5 Å². The van der Waals surface area contributed by atoms with Crippen molar-refractivity contribution in [1.29, 1.82) is 0 Å². The van der Waals surface area contributed by atoms with Crippen LogP contribution in [-0.4, -0.2) is 23.7 Å². The average Bonchev–Trinajstić information content (AvgIpc) is 3.30. The zero-order valence-corrected chi connectivity index (χ0v) is 14.9. The maximum Gasteiger partial charge on any atom is 0.258 e. The molecule has 0 radical (unpaired) electrons. The van der Waals surface area contributed by atoms with E-state index < -0.39 is 0 Å². The second-order valence-electron chi connectivity index (χ2n) is 7.08. The number of benzene rings is 2. The Balaban J connectivity index is 1.40. The minimum atomic E-state index is -0.195. The lowest BCUT2D eigenvalue weighted by atomic mass is 9.97. The SMILES string of the molecule is C/C(=N\NC(=O)C1NNC2CCCC21)c1ccc(-c2ccccc2)cc1. The zero-order chi connectivity index (χ0) is 17.9. The van der Waals surface area contributed by atoms with Gasteiger partial charge in [-0.3, -0.25) is 10.2 Å². The van der Waals surface area contributed by atoms with E-state index in [1.807, 2.05) is 37.3 Å². The van der Waals surface area contributed by atoms with Gasteiger partial charge in [0, 0.05) is 12.0 Å². The fourth-order valence-electron chi connectivity index (χ4n) is 3.94. The second-order valence-corrected chi connectivity index (χ2v) is 7.08. The lowest BCUT2D eigenvalue weighted by molar-refractivity contribution is -0.123. The van der Waals surface area contributed by atoms with E-state index in [9.17, 15) is 4.79 Å². The van der Waals surface area contributed by atoms with E-state index in [0.29, 0.717) is 12.0 Å². The highest BCUT2D eigenvalue weighted by Crippen LogP contribution is 2.31. The van der Waals surface area contributed by atoms with E-state index in [0.717, 1.165) is 24.1 Å². The summed E-state index contributed by atoms with van der Waals surface area (Å²) in [6, 6.07) is 18.7. The molecule has 26 heavy (non-hydrogen) atoms. The molecule has 0 aromatic heterocycles. The van der Waals surface area contributed by atoms with Crippen molar-refractivity contribution in [2.75, 3.05) is 0 Å². The first-order valence-electron chi connectivity index (χ1n) is 9.23. The smallest absolute Gasteiger partial charge is 0.258 e. The average molecular weight is 348 g/mol. The highest BCUT2D eigenvalue weighted by atomic mass is 16.2. The molecule has 3 N–H and O–H groups in total. The predicted molar refractivity (Wildman–Crippen MR) is 103 cm³/mol. The maximum absolute atomic E-state index is 12.4. The molecule has 1 saturated heterocycles. The highest BCUT2D eigenvalue weighted by Gasteiger charge is 2.42. The van der Waals surface area contributed by atoms with Gasteiger partial charge >= 0.3 is 0 Å². The molecular weight excluding hydrogens is 324 g/mol. The van der Waals surface area contributed by atoms with Gasteiger partial charge in [0.25, 0.3) is 5.91 Å². The zero-order valence-electron chi connectivity index (χ0n) is 14.9. The Morgan fingerprint density at radius 2 is 1.73 bits per heavy atom. The van der Waals surface area contributed by atoms with Crippen molar-refractivity contribution in [2.24, 2.45) is 11.0 Å². The fraction of sp³-hybridized carbons (Fsp3) is 0.333.